The number of hydrogen-bond acceptors (Lipinski definition) is 7. The van der Waals surface area contributed by atoms with Crippen molar-refractivity contribution in [3.63, 3.8) is 0 Å². The molecule has 0 aliphatic rings. The molecule has 1 aromatic heterocycles. The lowest BCUT2D eigenvalue weighted by molar-refractivity contribution is -0.384. The molecule has 0 radical (unpaired) electrons. The van der Waals surface area contributed by atoms with Gasteiger partial charge in [-0.3, -0.25) is 10.1 Å². The molecular weight excluding hydrogens is 436 g/mol. The number of benzene rings is 2. The summed E-state index contributed by atoms with van der Waals surface area (Å²) >= 11 is 0. The van der Waals surface area contributed by atoms with Crippen molar-refractivity contribution in [2.45, 2.75) is 25.4 Å². The molecule has 0 spiro atoms. The van der Waals surface area contributed by atoms with Crippen LogP contribution in [0.3, 0.4) is 0 Å². The zero-order chi connectivity index (χ0) is 24.8. The number of imidazole rings is 1. The molecule has 0 fully saturated rings. The maximum absolute atomic E-state index is 11.4. The summed E-state index contributed by atoms with van der Waals surface area (Å²) in [5.41, 5.74) is 8.98. The molecular formula is C25H28N4O5. The van der Waals surface area contributed by atoms with Crippen LogP contribution in [0.1, 0.15) is 41.5 Å². The second kappa shape index (κ2) is 10.7. The Balaban J connectivity index is 2.18. The van der Waals surface area contributed by atoms with E-state index < -0.39 is 16.9 Å². The fourth-order valence-corrected chi connectivity index (χ4v) is 3.91. The number of aliphatic hydroxyl groups excluding tert-OH is 1. The maximum atomic E-state index is 11.4. The largest absolute Gasteiger partial charge is 0.497 e. The third-order valence-corrected chi connectivity index (χ3v) is 5.68. The zero-order valence-corrected chi connectivity index (χ0v) is 19.3. The van der Waals surface area contributed by atoms with Crippen LogP contribution in [0.5, 0.6) is 11.5 Å². The van der Waals surface area contributed by atoms with Gasteiger partial charge in [0.05, 0.1) is 30.5 Å². The number of nitrogens with two attached hydrogens (primary N) is 1. The van der Waals surface area contributed by atoms with Crippen molar-refractivity contribution < 1.29 is 19.5 Å². The van der Waals surface area contributed by atoms with Crippen LogP contribution in [-0.2, 0) is 6.42 Å². The molecule has 4 N–H and O–H groups in total. The molecule has 0 saturated heterocycles. The van der Waals surface area contributed by atoms with E-state index >= 15 is 0 Å². The lowest BCUT2D eigenvalue weighted by Gasteiger charge is -2.21. The van der Waals surface area contributed by atoms with Gasteiger partial charge in [0.2, 0.25) is 0 Å². The molecule has 0 amide bonds. The monoisotopic (exact) mass is 464 g/mol. The van der Waals surface area contributed by atoms with E-state index in [-0.39, 0.29) is 11.6 Å². The Labute approximate surface area is 197 Å². The Bertz CT molecular complexity index is 1200. The summed E-state index contributed by atoms with van der Waals surface area (Å²) in [6.45, 7) is 5.57. The number of anilines is 1. The van der Waals surface area contributed by atoms with Crippen molar-refractivity contribution in [1.29, 1.82) is 0 Å². The first-order valence-corrected chi connectivity index (χ1v) is 10.6. The van der Waals surface area contributed by atoms with Gasteiger partial charge in [0.25, 0.3) is 5.69 Å². The van der Waals surface area contributed by atoms with Crippen molar-refractivity contribution in [3.8, 4) is 11.5 Å². The molecule has 1 heterocycles. The average Bonchev–Trinajstić information content (AvgIpc) is 3.24. The SMILES string of the molecule is C=C/C(=C\C)C(O)c1[nH]c(N)nc1C(Cc1cc([N+](=O)[O-])ccc1OC)c1ccc(OC)cc1. The second-order valence-electron chi connectivity index (χ2n) is 7.60. The van der Waals surface area contributed by atoms with Crippen LogP contribution < -0.4 is 15.2 Å². The number of aliphatic hydroxyl groups is 1. The molecule has 2 unspecified atom stereocenters. The highest BCUT2D eigenvalue weighted by atomic mass is 16.6. The Morgan fingerprint density at radius 2 is 1.97 bits per heavy atom. The molecule has 9 nitrogen and oxygen atoms in total. The number of hydrogen-bond donors (Lipinski definition) is 3. The molecule has 2 aromatic carbocycles. The number of nitro benzene ring substituents is 1. The minimum atomic E-state index is -1.03. The van der Waals surface area contributed by atoms with Crippen molar-refractivity contribution in [2.24, 2.45) is 0 Å². The van der Waals surface area contributed by atoms with Crippen LogP contribution in [0.4, 0.5) is 11.6 Å². The van der Waals surface area contributed by atoms with Gasteiger partial charge in [-0.15, -0.1) is 0 Å². The quantitative estimate of drug-likeness (QED) is 0.229. The molecule has 2 atom stereocenters. The summed E-state index contributed by atoms with van der Waals surface area (Å²) < 4.78 is 10.8. The number of aromatic nitrogens is 2. The Morgan fingerprint density at radius 3 is 2.53 bits per heavy atom. The number of nitro groups is 1. The van der Waals surface area contributed by atoms with Crippen molar-refractivity contribution in [1.82, 2.24) is 9.97 Å². The minimum Gasteiger partial charge on any atom is -0.497 e. The minimum absolute atomic E-state index is 0.0473. The molecule has 34 heavy (non-hydrogen) atoms. The van der Waals surface area contributed by atoms with E-state index in [2.05, 4.69) is 16.5 Å². The summed E-state index contributed by atoms with van der Waals surface area (Å²) in [5, 5.41) is 22.4. The average molecular weight is 465 g/mol. The fraction of sp³-hybridized carbons (Fsp3) is 0.240. The van der Waals surface area contributed by atoms with Gasteiger partial charge >= 0.3 is 0 Å². The fourth-order valence-electron chi connectivity index (χ4n) is 3.91. The highest BCUT2D eigenvalue weighted by Crippen LogP contribution is 2.38. The molecule has 0 saturated carbocycles. The number of allylic oxidation sites excluding steroid dienone is 1. The summed E-state index contributed by atoms with van der Waals surface area (Å²) in [6.07, 6.45) is 2.59. The summed E-state index contributed by atoms with van der Waals surface area (Å²) in [4.78, 5) is 18.4. The van der Waals surface area contributed by atoms with Gasteiger partial charge in [-0.2, -0.15) is 0 Å². The first-order valence-electron chi connectivity index (χ1n) is 10.6. The molecule has 3 rings (SSSR count). The van der Waals surface area contributed by atoms with Crippen LogP contribution in [0, 0.1) is 10.1 Å². The van der Waals surface area contributed by atoms with Gasteiger partial charge in [-0.1, -0.05) is 30.9 Å². The van der Waals surface area contributed by atoms with Gasteiger partial charge in [-0.25, -0.2) is 4.98 Å². The van der Waals surface area contributed by atoms with E-state index in [9.17, 15) is 15.2 Å². The molecule has 178 valence electrons. The number of rotatable bonds is 10. The Kier molecular flexibility index (Phi) is 7.70. The van der Waals surface area contributed by atoms with Crippen LogP contribution >= 0.6 is 0 Å². The lowest BCUT2D eigenvalue weighted by atomic mass is 9.86. The number of aromatic amines is 1. The highest BCUT2D eigenvalue weighted by Gasteiger charge is 2.28. The van der Waals surface area contributed by atoms with E-state index in [0.717, 1.165) is 5.56 Å². The number of methoxy groups -OCH3 is 2. The first-order chi connectivity index (χ1) is 16.3. The number of nitrogens with zero attached hydrogens (tertiary/aromatic N) is 2. The van der Waals surface area contributed by atoms with E-state index in [1.54, 1.807) is 32.3 Å². The van der Waals surface area contributed by atoms with Gasteiger partial charge in [0, 0.05) is 23.6 Å². The number of nitrogens with one attached hydrogen (secondary N) is 1. The first kappa shape index (κ1) is 24.5. The van der Waals surface area contributed by atoms with E-state index in [1.807, 2.05) is 24.3 Å². The zero-order valence-electron chi connectivity index (χ0n) is 19.3. The second-order valence-corrected chi connectivity index (χ2v) is 7.60. The van der Waals surface area contributed by atoms with E-state index in [4.69, 9.17) is 15.2 Å². The molecule has 9 heteroatoms. The van der Waals surface area contributed by atoms with Crippen LogP contribution in [0.2, 0.25) is 0 Å². The van der Waals surface area contributed by atoms with E-state index in [0.29, 0.717) is 40.4 Å². The summed E-state index contributed by atoms with van der Waals surface area (Å²) in [6, 6.07) is 11.9. The predicted molar refractivity (Wildman–Crippen MR) is 130 cm³/mol. The summed E-state index contributed by atoms with van der Waals surface area (Å²) in [5.74, 6) is 0.922. The number of nitrogen functional groups attached to an aromatic ring is 1. The molecule has 0 bridgehead atoms. The number of H-pyrrole nitrogens is 1. The third kappa shape index (κ3) is 5.10. The van der Waals surface area contributed by atoms with Crippen molar-refractivity contribution in [3.05, 3.63) is 99.4 Å². The van der Waals surface area contributed by atoms with Crippen LogP contribution in [-0.4, -0.2) is 34.2 Å². The maximum Gasteiger partial charge on any atom is 0.269 e. The third-order valence-electron chi connectivity index (χ3n) is 5.68. The van der Waals surface area contributed by atoms with Crippen molar-refractivity contribution >= 4 is 11.6 Å². The molecule has 0 aliphatic carbocycles. The summed E-state index contributed by atoms with van der Waals surface area (Å²) in [7, 11) is 3.09. The number of non-ortho nitro benzene ring substituents is 1. The van der Waals surface area contributed by atoms with Gasteiger partial charge < -0.3 is 25.3 Å². The lowest BCUT2D eigenvalue weighted by Crippen LogP contribution is -2.12. The standard InChI is InChI=1S/C25H28N4O5/c1-5-15(6-2)24(30)23-22(27-25(26)28-23)20(16-7-10-19(33-3)11-8-16)14-17-13-18(29(31)32)9-12-21(17)34-4/h5-13,20,24,30H,1,14H2,2-4H3,(H3,26,27,28)/b15-6+. The topological polar surface area (TPSA) is 137 Å². The normalized spacial score (nSPS) is 13.2. The van der Waals surface area contributed by atoms with E-state index in [1.165, 1.54) is 19.2 Å². The van der Waals surface area contributed by atoms with Gasteiger partial charge in [0.15, 0.2) is 5.95 Å². The molecule has 0 aliphatic heterocycles. The van der Waals surface area contributed by atoms with Crippen LogP contribution in [0.25, 0.3) is 0 Å². The smallest absolute Gasteiger partial charge is 0.269 e. The highest BCUT2D eigenvalue weighted by molar-refractivity contribution is 5.48. The number of ether oxygens (including phenoxy) is 2. The van der Waals surface area contributed by atoms with Crippen molar-refractivity contribution in [2.75, 3.05) is 20.0 Å². The van der Waals surface area contributed by atoms with Gasteiger partial charge in [0.1, 0.15) is 17.6 Å². The predicted octanol–water partition coefficient (Wildman–Crippen LogP) is 4.46. The van der Waals surface area contributed by atoms with Crippen LogP contribution in [0.15, 0.2) is 66.8 Å². The van der Waals surface area contributed by atoms with Gasteiger partial charge in [-0.05, 0) is 42.7 Å². The molecule has 3 aromatic rings. The Hall–Kier alpha value is -4.11. The Morgan fingerprint density at radius 1 is 1.26 bits per heavy atom.